The number of hydrogen-bond donors (Lipinski definition) is 2. The number of H-pyrrole nitrogens is 1. The van der Waals surface area contributed by atoms with Gasteiger partial charge in [0.15, 0.2) is 0 Å². The second kappa shape index (κ2) is 8.91. The molecule has 6 heteroatoms. The number of rotatable bonds is 6. The van der Waals surface area contributed by atoms with Crippen molar-refractivity contribution in [3.63, 3.8) is 0 Å². The lowest BCUT2D eigenvalue weighted by Gasteiger charge is -2.35. The van der Waals surface area contributed by atoms with Crippen LogP contribution < -0.4 is 5.73 Å². The topological polar surface area (TPSA) is 94.6 Å². The summed E-state index contributed by atoms with van der Waals surface area (Å²) in [6.45, 7) is 1.79. The molecule has 1 aliphatic rings. The van der Waals surface area contributed by atoms with E-state index in [1.54, 1.807) is 0 Å². The lowest BCUT2D eigenvalue weighted by molar-refractivity contribution is 0.153. The minimum atomic E-state index is 0.185. The Hall–Kier alpha value is -3.53. The summed E-state index contributed by atoms with van der Waals surface area (Å²) in [7, 11) is 0. The molecule has 0 bridgehead atoms. The van der Waals surface area contributed by atoms with Gasteiger partial charge >= 0.3 is 0 Å². The quantitative estimate of drug-likeness (QED) is 0.481. The van der Waals surface area contributed by atoms with Crippen LogP contribution in [-0.2, 0) is 26.1 Å². The normalized spacial score (nSPS) is 15.6. The summed E-state index contributed by atoms with van der Waals surface area (Å²) in [6, 6.07) is 20.5. The average molecular weight is 423 g/mol. The third kappa shape index (κ3) is 4.01. The number of pyridine rings is 1. The molecule has 0 spiro atoms. The van der Waals surface area contributed by atoms with Gasteiger partial charge in [-0.2, -0.15) is 5.26 Å². The number of nitrogens with zero attached hydrogens (tertiary/aromatic N) is 4. The fourth-order valence-corrected chi connectivity index (χ4v) is 4.75. The van der Waals surface area contributed by atoms with E-state index in [2.05, 4.69) is 28.1 Å². The predicted octanol–water partition coefficient (Wildman–Crippen LogP) is 4.37. The predicted molar refractivity (Wildman–Crippen MR) is 124 cm³/mol. The van der Waals surface area contributed by atoms with Gasteiger partial charge < -0.3 is 10.7 Å². The van der Waals surface area contributed by atoms with Gasteiger partial charge in [0.1, 0.15) is 5.82 Å². The third-order valence-corrected chi connectivity index (χ3v) is 6.33. The van der Waals surface area contributed by atoms with Crippen molar-refractivity contribution in [1.29, 1.82) is 5.26 Å². The van der Waals surface area contributed by atoms with Crippen LogP contribution in [0.5, 0.6) is 0 Å². The first-order valence-electron chi connectivity index (χ1n) is 11.1. The van der Waals surface area contributed by atoms with E-state index in [1.807, 2.05) is 48.7 Å². The van der Waals surface area contributed by atoms with Crippen molar-refractivity contribution in [3.05, 3.63) is 94.6 Å². The van der Waals surface area contributed by atoms with E-state index in [-0.39, 0.29) is 6.04 Å². The molecule has 0 radical (unpaired) electrons. The zero-order valence-electron chi connectivity index (χ0n) is 18.0. The van der Waals surface area contributed by atoms with Crippen molar-refractivity contribution in [3.8, 4) is 6.07 Å². The van der Waals surface area contributed by atoms with E-state index in [0.29, 0.717) is 25.2 Å². The number of para-hydroxylation sites is 2. The maximum absolute atomic E-state index is 9.43. The molecule has 5 rings (SSSR count). The molecule has 32 heavy (non-hydrogen) atoms. The minimum Gasteiger partial charge on any atom is -0.341 e. The summed E-state index contributed by atoms with van der Waals surface area (Å²) in [6.07, 6.45) is 5.12. The van der Waals surface area contributed by atoms with Crippen molar-refractivity contribution < 1.29 is 0 Å². The first kappa shape index (κ1) is 20.4. The van der Waals surface area contributed by atoms with Gasteiger partial charge in [-0.3, -0.25) is 9.88 Å². The molecule has 6 nitrogen and oxygen atoms in total. The van der Waals surface area contributed by atoms with E-state index in [9.17, 15) is 5.26 Å². The Morgan fingerprint density at radius 3 is 2.84 bits per heavy atom. The zero-order valence-corrected chi connectivity index (χ0v) is 18.0. The number of nitrogens with two attached hydrogens (primary N) is 1. The van der Waals surface area contributed by atoms with Crippen molar-refractivity contribution in [1.82, 2.24) is 19.9 Å². The highest BCUT2D eigenvalue weighted by Crippen LogP contribution is 2.35. The van der Waals surface area contributed by atoms with E-state index in [4.69, 9.17) is 15.7 Å². The molecule has 3 N–H and O–H groups in total. The van der Waals surface area contributed by atoms with Gasteiger partial charge in [-0.15, -0.1) is 0 Å². The molecular formula is C26H26N6. The van der Waals surface area contributed by atoms with E-state index < -0.39 is 0 Å². The van der Waals surface area contributed by atoms with E-state index in [1.165, 1.54) is 5.56 Å². The Morgan fingerprint density at radius 2 is 2.00 bits per heavy atom. The van der Waals surface area contributed by atoms with Crippen LogP contribution in [0.1, 0.15) is 52.7 Å². The highest BCUT2D eigenvalue weighted by atomic mass is 15.2. The Labute approximate surface area is 187 Å². The van der Waals surface area contributed by atoms with Crippen LogP contribution in [0.25, 0.3) is 11.0 Å². The Balaban J connectivity index is 1.54. The number of hydrogen-bond acceptors (Lipinski definition) is 5. The maximum Gasteiger partial charge on any atom is 0.121 e. The molecule has 0 fully saturated rings. The van der Waals surface area contributed by atoms with Gasteiger partial charge in [0, 0.05) is 19.3 Å². The van der Waals surface area contributed by atoms with Gasteiger partial charge in [-0.05, 0) is 66.3 Å². The number of aromatic amines is 1. The van der Waals surface area contributed by atoms with Crippen LogP contribution in [-0.4, -0.2) is 19.9 Å². The molecule has 1 aliphatic carbocycles. The van der Waals surface area contributed by atoms with Gasteiger partial charge in [0.25, 0.3) is 0 Å². The molecule has 0 amide bonds. The Kier molecular flexibility index (Phi) is 5.68. The summed E-state index contributed by atoms with van der Waals surface area (Å²) >= 11 is 0. The summed E-state index contributed by atoms with van der Waals surface area (Å²) < 4.78 is 0. The molecule has 4 aromatic rings. The van der Waals surface area contributed by atoms with Crippen LogP contribution in [0, 0.1) is 11.3 Å². The van der Waals surface area contributed by atoms with Crippen LogP contribution >= 0.6 is 0 Å². The fourth-order valence-electron chi connectivity index (χ4n) is 4.75. The third-order valence-electron chi connectivity index (χ3n) is 6.33. The fraction of sp³-hybridized carbons (Fsp3) is 0.269. The van der Waals surface area contributed by atoms with Crippen molar-refractivity contribution in [2.45, 2.75) is 44.9 Å². The molecule has 0 aliphatic heterocycles. The van der Waals surface area contributed by atoms with Crippen LogP contribution in [0.15, 0.2) is 60.8 Å². The smallest absolute Gasteiger partial charge is 0.121 e. The Bertz CT molecular complexity index is 1250. The highest BCUT2D eigenvalue weighted by Gasteiger charge is 2.28. The second-order valence-corrected chi connectivity index (χ2v) is 8.36. The zero-order chi connectivity index (χ0) is 21.9. The monoisotopic (exact) mass is 422 g/mol. The van der Waals surface area contributed by atoms with Gasteiger partial charge in [0.05, 0.1) is 40.9 Å². The van der Waals surface area contributed by atoms with Gasteiger partial charge in [-0.25, -0.2) is 4.98 Å². The molecule has 2 aromatic carbocycles. The van der Waals surface area contributed by atoms with Crippen LogP contribution in [0.2, 0.25) is 0 Å². The number of benzene rings is 2. The molecule has 160 valence electrons. The van der Waals surface area contributed by atoms with Gasteiger partial charge in [-0.1, -0.05) is 24.3 Å². The lowest BCUT2D eigenvalue weighted by Crippen LogP contribution is -2.32. The lowest BCUT2D eigenvalue weighted by atomic mass is 9.90. The first-order chi connectivity index (χ1) is 15.7. The Morgan fingerprint density at radius 1 is 1.09 bits per heavy atom. The molecule has 0 saturated carbocycles. The molecule has 1 atom stereocenters. The number of nitriles is 1. The summed E-state index contributed by atoms with van der Waals surface area (Å²) in [5.74, 6) is 0.931. The van der Waals surface area contributed by atoms with E-state index in [0.717, 1.165) is 52.9 Å². The number of aromatic nitrogens is 3. The van der Waals surface area contributed by atoms with Crippen LogP contribution in [0.4, 0.5) is 0 Å². The standard InChI is InChI=1S/C26H26N6/c27-14-18-10-11-20(15-28)21(13-18)16-32(17-25-30-22-7-1-2-8-23(22)31-25)24-9-3-5-19-6-4-12-29-26(19)24/h1-2,4,6-8,10-13,24H,3,5,9,15-17,28H2,(H,30,31). The van der Waals surface area contributed by atoms with Gasteiger partial charge in [0.2, 0.25) is 0 Å². The number of fused-ring (bicyclic) bond motifs is 2. The van der Waals surface area contributed by atoms with Crippen LogP contribution in [0.3, 0.4) is 0 Å². The molecule has 0 saturated heterocycles. The molecule has 2 aromatic heterocycles. The molecule has 2 heterocycles. The summed E-state index contributed by atoms with van der Waals surface area (Å²) in [5, 5.41) is 9.43. The number of aryl methyl sites for hydroxylation is 1. The second-order valence-electron chi connectivity index (χ2n) is 8.36. The van der Waals surface area contributed by atoms with E-state index >= 15 is 0 Å². The summed E-state index contributed by atoms with van der Waals surface area (Å²) in [4.78, 5) is 15.5. The average Bonchev–Trinajstić information content (AvgIpc) is 3.25. The largest absolute Gasteiger partial charge is 0.341 e. The summed E-state index contributed by atoms with van der Waals surface area (Å²) in [5.41, 5.74) is 13.3. The maximum atomic E-state index is 9.43. The molecular weight excluding hydrogens is 396 g/mol. The number of nitrogens with one attached hydrogen (secondary N) is 1. The number of imidazole rings is 1. The highest BCUT2D eigenvalue weighted by molar-refractivity contribution is 5.74. The van der Waals surface area contributed by atoms with Crippen molar-refractivity contribution in [2.75, 3.05) is 0 Å². The minimum absolute atomic E-state index is 0.185. The van der Waals surface area contributed by atoms with Crippen molar-refractivity contribution >= 4 is 11.0 Å². The first-order valence-corrected chi connectivity index (χ1v) is 11.1. The van der Waals surface area contributed by atoms with Crippen molar-refractivity contribution in [2.24, 2.45) is 5.73 Å². The SMILES string of the molecule is N#Cc1ccc(CN)c(CN(Cc2nc3ccccc3[nH]2)C2CCCc3cccnc32)c1. The molecule has 1 unspecified atom stereocenters.